The van der Waals surface area contributed by atoms with Crippen LogP contribution in [0.4, 0.5) is 5.69 Å². The third-order valence-electron chi connectivity index (χ3n) is 1.66. The molecule has 1 aromatic carbocycles. The summed E-state index contributed by atoms with van der Waals surface area (Å²) in [6.45, 7) is 0. The van der Waals surface area contributed by atoms with Crippen LogP contribution in [0.2, 0.25) is 5.02 Å². The van der Waals surface area contributed by atoms with Gasteiger partial charge in [0.1, 0.15) is 0 Å². The number of fused-ring (bicyclic) bond motifs is 1. The minimum absolute atomic E-state index is 0.0828. The zero-order valence-electron chi connectivity index (χ0n) is 6.28. The lowest BCUT2D eigenvalue weighted by Gasteiger charge is -1.91. The molecular weight excluding hydrogens is 210 g/mol. The normalized spacial score (nSPS) is 10.5. The van der Waals surface area contributed by atoms with Gasteiger partial charge in [-0.3, -0.25) is 10.1 Å². The van der Waals surface area contributed by atoms with Gasteiger partial charge in [-0.1, -0.05) is 11.6 Å². The summed E-state index contributed by atoms with van der Waals surface area (Å²) in [7, 11) is 0. The second kappa shape index (κ2) is 2.97. The number of halogens is 1. The van der Waals surface area contributed by atoms with Crippen molar-refractivity contribution in [2.24, 2.45) is 0 Å². The Bertz CT molecular complexity index is 480. The molecule has 0 amide bonds. The average molecular weight is 213 g/mol. The van der Waals surface area contributed by atoms with Gasteiger partial charge in [0.25, 0.3) is 5.69 Å². The molecule has 0 spiro atoms. The van der Waals surface area contributed by atoms with E-state index in [1.54, 1.807) is 6.07 Å². The summed E-state index contributed by atoms with van der Waals surface area (Å²) >= 11 is 7.07. The third kappa shape index (κ3) is 1.38. The molecule has 1 heterocycles. The molecule has 2 rings (SSSR count). The molecule has 1 aromatic heterocycles. The average Bonchev–Trinajstić information content (AvgIpc) is 2.47. The van der Waals surface area contributed by atoms with Gasteiger partial charge in [0.15, 0.2) is 0 Å². The second-order valence-corrected chi connectivity index (χ2v) is 3.68. The van der Waals surface area contributed by atoms with Crippen LogP contribution in [-0.2, 0) is 0 Å². The van der Waals surface area contributed by atoms with Gasteiger partial charge in [-0.25, -0.2) is 0 Å². The predicted octanol–water partition coefficient (Wildman–Crippen LogP) is 3.26. The summed E-state index contributed by atoms with van der Waals surface area (Å²) in [5.74, 6) is 0. The van der Waals surface area contributed by atoms with E-state index in [1.165, 1.54) is 23.5 Å². The molecule has 0 aliphatic carbocycles. The van der Waals surface area contributed by atoms with E-state index in [0.717, 1.165) is 10.1 Å². The van der Waals surface area contributed by atoms with Crippen LogP contribution in [0.25, 0.3) is 10.1 Å². The highest BCUT2D eigenvalue weighted by Crippen LogP contribution is 2.31. The van der Waals surface area contributed by atoms with E-state index >= 15 is 0 Å². The molecule has 0 saturated heterocycles. The minimum Gasteiger partial charge on any atom is -0.258 e. The van der Waals surface area contributed by atoms with E-state index in [-0.39, 0.29) is 5.69 Å². The number of non-ortho nitro benzene ring substituents is 1. The Balaban J connectivity index is 2.70. The Morgan fingerprint density at radius 3 is 3.00 bits per heavy atom. The summed E-state index contributed by atoms with van der Waals surface area (Å²) in [6, 6.07) is 4.58. The lowest BCUT2D eigenvalue weighted by molar-refractivity contribution is -0.384. The molecule has 0 fully saturated rings. The van der Waals surface area contributed by atoms with Crippen molar-refractivity contribution < 1.29 is 4.92 Å². The molecule has 1 radical (unpaired) electrons. The van der Waals surface area contributed by atoms with Crippen molar-refractivity contribution >= 4 is 38.7 Å². The van der Waals surface area contributed by atoms with Crippen molar-refractivity contribution in [1.29, 1.82) is 0 Å². The molecule has 3 nitrogen and oxygen atoms in total. The predicted molar refractivity (Wildman–Crippen MR) is 52.3 cm³/mol. The van der Waals surface area contributed by atoms with Gasteiger partial charge >= 0.3 is 0 Å². The quantitative estimate of drug-likeness (QED) is 0.538. The minimum atomic E-state index is -0.424. The molecule has 5 heteroatoms. The fourth-order valence-corrected chi connectivity index (χ4v) is 2.15. The van der Waals surface area contributed by atoms with E-state index in [2.05, 4.69) is 5.38 Å². The first-order valence-corrected chi connectivity index (χ1v) is 4.62. The summed E-state index contributed by atoms with van der Waals surface area (Å²) < 4.78 is 0.791. The van der Waals surface area contributed by atoms with Crippen LogP contribution >= 0.6 is 22.9 Å². The maximum absolute atomic E-state index is 10.4. The highest BCUT2D eigenvalue weighted by atomic mass is 35.5. The van der Waals surface area contributed by atoms with Gasteiger partial charge in [-0.05, 0) is 6.07 Å². The molecule has 0 bridgehead atoms. The number of nitro groups is 1. The van der Waals surface area contributed by atoms with Crippen LogP contribution in [-0.4, -0.2) is 4.92 Å². The zero-order chi connectivity index (χ0) is 9.42. The zero-order valence-corrected chi connectivity index (χ0v) is 7.85. The van der Waals surface area contributed by atoms with Crippen LogP contribution < -0.4 is 0 Å². The van der Waals surface area contributed by atoms with Crippen LogP contribution in [0, 0.1) is 15.5 Å². The van der Waals surface area contributed by atoms with E-state index in [0.29, 0.717) is 5.02 Å². The van der Waals surface area contributed by atoms with Gasteiger partial charge in [-0.2, -0.15) is 0 Å². The van der Waals surface area contributed by atoms with Crippen molar-refractivity contribution in [3.63, 3.8) is 0 Å². The van der Waals surface area contributed by atoms with E-state index < -0.39 is 4.92 Å². The molecule has 0 atom stereocenters. The highest BCUT2D eigenvalue weighted by Gasteiger charge is 2.08. The fraction of sp³-hybridized carbons (Fsp3) is 0. The van der Waals surface area contributed by atoms with E-state index in [4.69, 9.17) is 11.6 Å². The van der Waals surface area contributed by atoms with Crippen molar-refractivity contribution in [3.8, 4) is 0 Å². The van der Waals surface area contributed by atoms with E-state index in [9.17, 15) is 10.1 Å². The Morgan fingerprint density at radius 1 is 1.54 bits per heavy atom. The summed E-state index contributed by atoms with van der Waals surface area (Å²) in [5.41, 5.74) is 0.0828. The van der Waals surface area contributed by atoms with Crippen LogP contribution in [0.3, 0.4) is 0 Å². The Kier molecular flexibility index (Phi) is 1.94. The number of thiophene rings is 1. The molecule has 13 heavy (non-hydrogen) atoms. The van der Waals surface area contributed by atoms with Gasteiger partial charge < -0.3 is 0 Å². The Morgan fingerprint density at radius 2 is 2.31 bits per heavy atom. The summed E-state index contributed by atoms with van der Waals surface area (Å²) in [5, 5.41) is 14.6. The van der Waals surface area contributed by atoms with Crippen molar-refractivity contribution in [3.05, 3.63) is 38.7 Å². The maximum Gasteiger partial charge on any atom is 0.270 e. The first-order valence-electron chi connectivity index (χ1n) is 3.42. The summed E-state index contributed by atoms with van der Waals surface area (Å²) in [4.78, 5) is 9.99. The second-order valence-electron chi connectivity index (χ2n) is 2.46. The fourth-order valence-electron chi connectivity index (χ4n) is 1.05. The number of hydrogen-bond acceptors (Lipinski definition) is 3. The van der Waals surface area contributed by atoms with Crippen molar-refractivity contribution in [1.82, 2.24) is 0 Å². The first kappa shape index (κ1) is 8.47. The molecule has 0 aliphatic rings. The number of benzene rings is 1. The lowest BCUT2D eigenvalue weighted by atomic mass is 10.2. The molecule has 0 saturated carbocycles. The topological polar surface area (TPSA) is 43.1 Å². The maximum atomic E-state index is 10.4. The molecular formula is C8H3ClNO2S. The summed E-state index contributed by atoms with van der Waals surface area (Å²) in [6.07, 6.45) is 0. The van der Waals surface area contributed by atoms with Gasteiger partial charge in [0.05, 0.1) is 15.3 Å². The van der Waals surface area contributed by atoms with E-state index in [1.807, 2.05) is 0 Å². The standard InChI is InChI=1S/C8H3ClNO2S/c9-7-4-13-8-3-5(10(11)12)1-2-6(7)8/h1-3H. The van der Waals surface area contributed by atoms with Crippen molar-refractivity contribution in [2.75, 3.05) is 0 Å². The molecule has 2 aromatic rings. The Labute approximate surface area is 82.7 Å². The highest BCUT2D eigenvalue weighted by molar-refractivity contribution is 7.17. The van der Waals surface area contributed by atoms with Gasteiger partial charge in [0.2, 0.25) is 0 Å². The van der Waals surface area contributed by atoms with Crippen LogP contribution in [0.5, 0.6) is 0 Å². The van der Waals surface area contributed by atoms with Gasteiger partial charge in [-0.15, -0.1) is 11.3 Å². The first-order chi connectivity index (χ1) is 6.18. The van der Waals surface area contributed by atoms with Crippen LogP contribution in [0.15, 0.2) is 18.2 Å². The molecule has 0 unspecified atom stereocenters. The number of nitro benzene ring substituents is 1. The van der Waals surface area contributed by atoms with Crippen LogP contribution in [0.1, 0.15) is 0 Å². The SMILES string of the molecule is O=[N+]([O-])c1ccc2c(Cl)[c]sc2c1. The van der Waals surface area contributed by atoms with Crippen molar-refractivity contribution in [2.45, 2.75) is 0 Å². The molecule has 65 valence electrons. The smallest absolute Gasteiger partial charge is 0.258 e. The monoisotopic (exact) mass is 212 g/mol. The third-order valence-corrected chi connectivity index (χ3v) is 2.94. The molecule has 0 aliphatic heterocycles. The number of hydrogen-bond donors (Lipinski definition) is 0. The number of nitrogens with zero attached hydrogens (tertiary/aromatic N) is 1. The van der Waals surface area contributed by atoms with Gasteiger partial charge in [0, 0.05) is 22.2 Å². The largest absolute Gasteiger partial charge is 0.270 e. The number of rotatable bonds is 1. The molecule has 0 N–H and O–H groups in total. The Hall–Kier alpha value is -1.13. The lowest BCUT2D eigenvalue weighted by Crippen LogP contribution is -1.85.